The van der Waals surface area contributed by atoms with Crippen molar-refractivity contribution < 1.29 is 14.6 Å². The van der Waals surface area contributed by atoms with Crippen LogP contribution in [0.25, 0.3) is 16.5 Å². The lowest BCUT2D eigenvalue weighted by Crippen LogP contribution is -2.02. The number of aliphatic carboxylic acids is 1. The third-order valence-electron chi connectivity index (χ3n) is 2.42. The van der Waals surface area contributed by atoms with Crippen molar-refractivity contribution in [1.82, 2.24) is 0 Å². The van der Waals surface area contributed by atoms with E-state index in [1.165, 1.54) is 7.11 Å². The van der Waals surface area contributed by atoms with E-state index in [0.29, 0.717) is 24.3 Å². The van der Waals surface area contributed by atoms with Gasteiger partial charge in [0.25, 0.3) is 0 Å². The Morgan fingerprint density at radius 3 is 3.00 bits per heavy atom. The Bertz CT molecular complexity index is 520. The number of benzene rings is 1. The molecule has 0 aromatic heterocycles. The van der Waals surface area contributed by atoms with Gasteiger partial charge >= 0.3 is 5.97 Å². The Morgan fingerprint density at radius 1 is 1.58 bits per heavy atom. The molecule has 1 N–H and O–H groups in total. The number of azide groups is 1. The van der Waals surface area contributed by atoms with Crippen LogP contribution >= 0.6 is 0 Å². The van der Waals surface area contributed by atoms with Gasteiger partial charge in [0.2, 0.25) is 0 Å². The largest absolute Gasteiger partial charge is 0.496 e. The van der Waals surface area contributed by atoms with Crippen LogP contribution in [0.4, 0.5) is 0 Å². The summed E-state index contributed by atoms with van der Waals surface area (Å²) in [4.78, 5) is 13.3. The normalized spacial score (nSPS) is 10.2. The lowest BCUT2D eigenvalue weighted by atomic mass is 10.1. The molecule has 1 aromatic carbocycles. The molecule has 0 radical (unpaired) electrons. The summed E-state index contributed by atoms with van der Waals surface area (Å²) in [6.07, 6.45) is 4.35. The van der Waals surface area contributed by atoms with E-state index in [-0.39, 0.29) is 6.42 Å². The molecule has 0 aliphatic carbocycles. The van der Waals surface area contributed by atoms with E-state index in [1.807, 2.05) is 18.2 Å². The van der Waals surface area contributed by atoms with Crippen LogP contribution in [-0.4, -0.2) is 24.7 Å². The quantitative estimate of drug-likeness (QED) is 0.353. The number of hydrogen-bond donors (Lipinski definition) is 1. The maximum atomic E-state index is 10.7. The minimum atomic E-state index is -0.893. The minimum Gasteiger partial charge on any atom is -0.496 e. The van der Waals surface area contributed by atoms with Gasteiger partial charge in [-0.05, 0) is 23.6 Å². The predicted octanol–water partition coefficient (Wildman–Crippen LogP) is 3.04. The summed E-state index contributed by atoms with van der Waals surface area (Å²) in [5.41, 5.74) is 9.67. The number of carboxylic acids is 1. The van der Waals surface area contributed by atoms with Gasteiger partial charge in [0.1, 0.15) is 5.75 Å². The van der Waals surface area contributed by atoms with Crippen molar-refractivity contribution in [3.63, 3.8) is 0 Å². The molecule has 1 aromatic rings. The van der Waals surface area contributed by atoms with Gasteiger partial charge in [0, 0.05) is 17.0 Å². The van der Waals surface area contributed by atoms with E-state index in [1.54, 1.807) is 12.1 Å². The molecule has 0 heterocycles. The van der Waals surface area contributed by atoms with Gasteiger partial charge in [0.15, 0.2) is 0 Å². The van der Waals surface area contributed by atoms with E-state index in [9.17, 15) is 4.79 Å². The fourth-order valence-corrected chi connectivity index (χ4v) is 1.57. The second-order valence-electron chi connectivity index (χ2n) is 3.79. The van der Waals surface area contributed by atoms with Crippen molar-refractivity contribution in [2.24, 2.45) is 5.11 Å². The Kier molecular flexibility index (Phi) is 5.98. The first-order valence-electron chi connectivity index (χ1n) is 5.73. The molecule has 0 saturated carbocycles. The number of carbonyl (C=O) groups is 1. The van der Waals surface area contributed by atoms with Gasteiger partial charge in [-0.3, -0.25) is 4.79 Å². The van der Waals surface area contributed by atoms with Crippen molar-refractivity contribution in [3.8, 4) is 5.75 Å². The molecular formula is C13H15N3O3. The molecule has 0 aliphatic heterocycles. The maximum absolute atomic E-state index is 10.7. The lowest BCUT2D eigenvalue weighted by molar-refractivity contribution is -0.136. The standard InChI is InChI=1S/C13H15N3O3/c1-19-12-8-10(4-2-3-7-15-16-14)5-6-11(12)9-13(17)18/h2,4-6,8H,3,7,9H2,1H3,(H,17,18). The van der Waals surface area contributed by atoms with E-state index in [2.05, 4.69) is 10.0 Å². The Balaban J connectivity index is 2.75. The van der Waals surface area contributed by atoms with Crippen molar-refractivity contribution in [1.29, 1.82) is 0 Å². The molecule has 0 atom stereocenters. The van der Waals surface area contributed by atoms with Crippen LogP contribution in [0.15, 0.2) is 29.4 Å². The summed E-state index contributed by atoms with van der Waals surface area (Å²) in [5.74, 6) is -0.337. The minimum absolute atomic E-state index is 0.0654. The Morgan fingerprint density at radius 2 is 2.37 bits per heavy atom. The molecule has 0 bridgehead atoms. The number of hydrogen-bond acceptors (Lipinski definition) is 3. The number of ether oxygens (including phenoxy) is 1. The van der Waals surface area contributed by atoms with Crippen molar-refractivity contribution in [3.05, 3.63) is 45.8 Å². The van der Waals surface area contributed by atoms with E-state index in [0.717, 1.165) is 5.56 Å². The summed E-state index contributed by atoms with van der Waals surface area (Å²) in [6, 6.07) is 5.34. The zero-order valence-corrected chi connectivity index (χ0v) is 10.6. The van der Waals surface area contributed by atoms with Gasteiger partial charge in [-0.25, -0.2) is 0 Å². The SMILES string of the molecule is COc1cc(C=CCCN=[N+]=[N-])ccc1CC(=O)O. The molecule has 0 fully saturated rings. The van der Waals surface area contributed by atoms with Gasteiger partial charge in [-0.2, -0.15) is 0 Å². The molecule has 0 amide bonds. The van der Waals surface area contributed by atoms with E-state index >= 15 is 0 Å². The summed E-state index contributed by atoms with van der Waals surface area (Å²) in [6.45, 7) is 0.418. The van der Waals surface area contributed by atoms with Crippen LogP contribution in [0.1, 0.15) is 17.5 Å². The third kappa shape index (κ3) is 5.14. The topological polar surface area (TPSA) is 95.3 Å². The van der Waals surface area contributed by atoms with Crippen LogP contribution in [-0.2, 0) is 11.2 Å². The molecule has 0 saturated heterocycles. The molecule has 6 heteroatoms. The monoisotopic (exact) mass is 261 g/mol. The first kappa shape index (κ1) is 14.6. The highest BCUT2D eigenvalue weighted by Gasteiger charge is 2.07. The Labute approximate surface area is 110 Å². The number of rotatable bonds is 7. The molecule has 1 rings (SSSR count). The molecule has 6 nitrogen and oxygen atoms in total. The van der Waals surface area contributed by atoms with Gasteiger partial charge < -0.3 is 9.84 Å². The summed E-state index contributed by atoms with van der Waals surface area (Å²) in [7, 11) is 1.51. The predicted molar refractivity (Wildman–Crippen MR) is 72.0 cm³/mol. The zero-order valence-electron chi connectivity index (χ0n) is 10.6. The first-order chi connectivity index (χ1) is 9.17. The average Bonchev–Trinajstić information content (AvgIpc) is 2.39. The Hall–Kier alpha value is -2.46. The smallest absolute Gasteiger partial charge is 0.307 e. The second kappa shape index (κ2) is 7.79. The highest BCUT2D eigenvalue weighted by Crippen LogP contribution is 2.21. The van der Waals surface area contributed by atoms with Crippen molar-refractivity contribution in [2.75, 3.05) is 13.7 Å². The fraction of sp³-hybridized carbons (Fsp3) is 0.308. The molecule has 0 spiro atoms. The zero-order chi connectivity index (χ0) is 14.1. The highest BCUT2D eigenvalue weighted by molar-refractivity contribution is 5.71. The van der Waals surface area contributed by atoms with Crippen LogP contribution < -0.4 is 4.74 Å². The molecule has 100 valence electrons. The van der Waals surface area contributed by atoms with Gasteiger partial charge in [0.05, 0.1) is 13.5 Å². The molecular weight excluding hydrogens is 246 g/mol. The summed E-state index contributed by atoms with van der Waals surface area (Å²) >= 11 is 0. The average molecular weight is 261 g/mol. The second-order valence-corrected chi connectivity index (χ2v) is 3.79. The van der Waals surface area contributed by atoms with Crippen LogP contribution in [0.3, 0.4) is 0 Å². The third-order valence-corrected chi connectivity index (χ3v) is 2.42. The summed E-state index contributed by atoms with van der Waals surface area (Å²) < 4.78 is 5.17. The molecule has 0 unspecified atom stereocenters. The van der Waals surface area contributed by atoms with E-state index in [4.69, 9.17) is 15.4 Å². The van der Waals surface area contributed by atoms with Crippen molar-refractivity contribution in [2.45, 2.75) is 12.8 Å². The molecule has 0 aliphatic rings. The fourth-order valence-electron chi connectivity index (χ4n) is 1.57. The van der Waals surface area contributed by atoms with Crippen LogP contribution in [0.2, 0.25) is 0 Å². The number of methoxy groups -OCH3 is 1. The van der Waals surface area contributed by atoms with Crippen LogP contribution in [0, 0.1) is 0 Å². The maximum Gasteiger partial charge on any atom is 0.307 e. The highest BCUT2D eigenvalue weighted by atomic mass is 16.5. The van der Waals surface area contributed by atoms with Gasteiger partial charge in [-0.15, -0.1) is 0 Å². The van der Waals surface area contributed by atoms with E-state index < -0.39 is 5.97 Å². The number of carboxylic acid groups (broad SMARTS) is 1. The molecule has 19 heavy (non-hydrogen) atoms. The first-order valence-corrected chi connectivity index (χ1v) is 5.73. The number of nitrogens with zero attached hydrogens (tertiary/aromatic N) is 3. The van der Waals surface area contributed by atoms with Gasteiger partial charge in [-0.1, -0.05) is 29.4 Å². The van der Waals surface area contributed by atoms with Crippen LogP contribution in [0.5, 0.6) is 5.75 Å². The summed E-state index contributed by atoms with van der Waals surface area (Å²) in [5, 5.41) is 12.2. The van der Waals surface area contributed by atoms with Crippen molar-refractivity contribution >= 4 is 12.0 Å². The lowest BCUT2D eigenvalue weighted by Gasteiger charge is -2.07.